The summed E-state index contributed by atoms with van der Waals surface area (Å²) >= 11 is 0. The Morgan fingerprint density at radius 2 is 1.91 bits per heavy atom. The van der Waals surface area contributed by atoms with E-state index in [9.17, 15) is 18.0 Å². The maximum absolute atomic E-state index is 12.9. The van der Waals surface area contributed by atoms with Gasteiger partial charge in [0.1, 0.15) is 12.0 Å². The molecule has 23 heavy (non-hydrogen) atoms. The highest BCUT2D eigenvalue weighted by molar-refractivity contribution is 5.86. The number of aldehydes is 1. The zero-order valence-corrected chi connectivity index (χ0v) is 13.2. The molecule has 0 radical (unpaired) electrons. The lowest BCUT2D eigenvalue weighted by Crippen LogP contribution is -2.28. The summed E-state index contributed by atoms with van der Waals surface area (Å²) in [6.45, 7) is 7.00. The number of halogens is 3. The molecule has 126 valence electrons. The summed E-state index contributed by atoms with van der Waals surface area (Å²) in [5, 5.41) is 0. The number of rotatable bonds is 6. The molecule has 1 fully saturated rings. The van der Waals surface area contributed by atoms with Gasteiger partial charge in [-0.15, -0.1) is 0 Å². The Hall–Kier alpha value is -2.11. The number of hydrogen-bond acceptors (Lipinski definition) is 3. The quantitative estimate of drug-likeness (QED) is 0.457. The summed E-state index contributed by atoms with van der Waals surface area (Å²) in [6, 6.07) is -0.125. The van der Waals surface area contributed by atoms with Crippen LogP contribution in [0.1, 0.15) is 26.7 Å². The van der Waals surface area contributed by atoms with Crippen LogP contribution in [0.5, 0.6) is 0 Å². The van der Waals surface area contributed by atoms with Crippen LogP contribution < -0.4 is 5.73 Å². The first-order chi connectivity index (χ1) is 10.6. The van der Waals surface area contributed by atoms with Crippen molar-refractivity contribution in [1.29, 1.82) is 0 Å². The molecule has 0 aromatic carbocycles. The van der Waals surface area contributed by atoms with Crippen LogP contribution in [0, 0.1) is 5.92 Å². The molecule has 0 atom stereocenters. The van der Waals surface area contributed by atoms with Crippen molar-refractivity contribution in [1.82, 2.24) is 0 Å². The lowest BCUT2D eigenvalue weighted by atomic mass is 9.82. The van der Waals surface area contributed by atoms with Gasteiger partial charge in [0, 0.05) is 17.7 Å². The second-order valence-electron chi connectivity index (χ2n) is 5.68. The maximum Gasteiger partial charge on any atom is 0.431 e. The highest BCUT2D eigenvalue weighted by Crippen LogP contribution is 2.30. The predicted molar refractivity (Wildman–Crippen MR) is 86.0 cm³/mol. The van der Waals surface area contributed by atoms with Gasteiger partial charge in [-0.05, 0) is 32.3 Å². The van der Waals surface area contributed by atoms with Crippen molar-refractivity contribution in [3.8, 4) is 0 Å². The van der Waals surface area contributed by atoms with Gasteiger partial charge in [-0.2, -0.15) is 13.2 Å². The molecule has 0 spiro atoms. The zero-order valence-electron chi connectivity index (χ0n) is 13.2. The van der Waals surface area contributed by atoms with E-state index < -0.39 is 11.9 Å². The Morgan fingerprint density at radius 1 is 1.30 bits per heavy atom. The highest BCUT2D eigenvalue weighted by Gasteiger charge is 2.34. The topological polar surface area (TPSA) is 55.5 Å². The molecule has 3 nitrogen and oxygen atoms in total. The van der Waals surface area contributed by atoms with E-state index in [0.717, 1.165) is 18.1 Å². The maximum atomic E-state index is 12.9. The van der Waals surface area contributed by atoms with E-state index >= 15 is 0 Å². The van der Waals surface area contributed by atoms with Crippen molar-refractivity contribution in [2.24, 2.45) is 16.6 Å². The molecule has 0 aliphatic heterocycles. The third-order valence-corrected chi connectivity index (χ3v) is 3.50. The molecule has 1 aliphatic carbocycles. The van der Waals surface area contributed by atoms with Crippen LogP contribution in [0.25, 0.3) is 0 Å². The molecular formula is C17H21F3N2O. The fraction of sp³-hybridized carbons (Fsp3) is 0.412. The zero-order chi connectivity index (χ0) is 17.6. The molecule has 0 unspecified atom stereocenters. The van der Waals surface area contributed by atoms with Crippen molar-refractivity contribution in [2.45, 2.75) is 38.9 Å². The summed E-state index contributed by atoms with van der Waals surface area (Å²) in [5.74, 6) is -0.0420. The minimum absolute atomic E-state index is 0.0420. The summed E-state index contributed by atoms with van der Waals surface area (Å²) < 4.78 is 38.7. The number of nitrogens with two attached hydrogens (primary N) is 1. The third kappa shape index (κ3) is 5.88. The molecule has 0 aromatic rings. The lowest BCUT2D eigenvalue weighted by Gasteiger charge is -2.28. The Bertz CT molecular complexity index is 577. The van der Waals surface area contributed by atoms with Crippen LogP contribution in [0.4, 0.5) is 13.2 Å². The van der Waals surface area contributed by atoms with Crippen LogP contribution >= 0.6 is 0 Å². The van der Waals surface area contributed by atoms with E-state index in [-0.39, 0.29) is 17.5 Å². The first-order valence-electron chi connectivity index (χ1n) is 7.21. The standard InChI is InChI=1S/C17H21F3N2O/c1-11(2)5-4-6-12(3)15(16(21)17(18,19)20)9-22-14-7-13(8-14)10-23/h4-6,9-10,13-14H,1,7-8,21H2,2-3H3/b5-4-,12-6+,16-15?,22-9?. The van der Waals surface area contributed by atoms with Gasteiger partial charge in [-0.3, -0.25) is 4.99 Å². The van der Waals surface area contributed by atoms with Crippen LogP contribution in [-0.4, -0.2) is 24.7 Å². The molecule has 1 saturated carbocycles. The van der Waals surface area contributed by atoms with E-state index in [0.29, 0.717) is 18.4 Å². The van der Waals surface area contributed by atoms with Crippen LogP contribution in [0.2, 0.25) is 0 Å². The van der Waals surface area contributed by atoms with Crippen LogP contribution in [-0.2, 0) is 4.79 Å². The van der Waals surface area contributed by atoms with E-state index in [4.69, 9.17) is 5.73 Å². The van der Waals surface area contributed by atoms with Gasteiger partial charge < -0.3 is 10.5 Å². The average Bonchev–Trinajstić information content (AvgIpc) is 2.39. The number of aliphatic imine (C=N–C) groups is 1. The summed E-state index contributed by atoms with van der Waals surface area (Å²) in [4.78, 5) is 14.7. The number of alkyl halides is 3. The van der Waals surface area contributed by atoms with Gasteiger partial charge in [-0.1, -0.05) is 30.4 Å². The largest absolute Gasteiger partial charge is 0.431 e. The molecule has 1 aliphatic rings. The average molecular weight is 326 g/mol. The monoisotopic (exact) mass is 326 g/mol. The molecule has 2 N–H and O–H groups in total. The van der Waals surface area contributed by atoms with Crippen LogP contribution in [0.15, 0.2) is 52.2 Å². The van der Waals surface area contributed by atoms with E-state index in [1.54, 1.807) is 19.1 Å². The predicted octanol–water partition coefficient (Wildman–Crippen LogP) is 3.89. The van der Waals surface area contributed by atoms with E-state index in [1.165, 1.54) is 13.0 Å². The second kappa shape index (κ2) is 7.94. The van der Waals surface area contributed by atoms with Crippen LogP contribution in [0.3, 0.4) is 0 Å². The van der Waals surface area contributed by atoms with Crippen molar-refractivity contribution in [3.05, 3.63) is 47.2 Å². The number of allylic oxidation sites excluding steroid dienone is 7. The molecule has 0 heterocycles. The van der Waals surface area contributed by atoms with Gasteiger partial charge in [0.15, 0.2) is 0 Å². The second-order valence-corrected chi connectivity index (χ2v) is 5.68. The Kier molecular flexibility index (Phi) is 6.54. The minimum Gasteiger partial charge on any atom is -0.394 e. The van der Waals surface area contributed by atoms with Gasteiger partial charge >= 0.3 is 6.18 Å². The molecule has 6 heteroatoms. The fourth-order valence-corrected chi connectivity index (χ4v) is 2.03. The van der Waals surface area contributed by atoms with Crippen molar-refractivity contribution in [2.75, 3.05) is 0 Å². The fourth-order valence-electron chi connectivity index (χ4n) is 2.03. The lowest BCUT2D eigenvalue weighted by molar-refractivity contribution is -0.113. The third-order valence-electron chi connectivity index (χ3n) is 3.50. The van der Waals surface area contributed by atoms with Gasteiger partial charge in [0.2, 0.25) is 0 Å². The van der Waals surface area contributed by atoms with Crippen molar-refractivity contribution < 1.29 is 18.0 Å². The molecule has 0 bridgehead atoms. The number of carbonyl (C=O) groups excluding carboxylic acids is 1. The Labute approximate surface area is 134 Å². The Morgan fingerprint density at radius 3 is 2.39 bits per heavy atom. The van der Waals surface area contributed by atoms with Gasteiger partial charge in [0.25, 0.3) is 0 Å². The minimum atomic E-state index is -4.63. The molecule has 0 aromatic heterocycles. The first-order valence-corrected chi connectivity index (χ1v) is 7.21. The summed E-state index contributed by atoms with van der Waals surface area (Å²) in [7, 11) is 0. The SMILES string of the molecule is C=C(C)/C=C\C=C(/C)C(C=NC1CC(C=O)C1)=C(N)C(F)(F)F. The van der Waals surface area contributed by atoms with Gasteiger partial charge in [0.05, 0.1) is 6.04 Å². The number of carbonyl (C=O) groups is 1. The normalized spacial score (nSPS) is 23.8. The smallest absolute Gasteiger partial charge is 0.394 e. The number of hydrogen-bond donors (Lipinski definition) is 1. The van der Waals surface area contributed by atoms with Gasteiger partial charge in [-0.25, -0.2) is 0 Å². The van der Waals surface area contributed by atoms with Crippen molar-refractivity contribution >= 4 is 12.5 Å². The van der Waals surface area contributed by atoms with E-state index in [2.05, 4.69) is 11.6 Å². The molecule has 0 amide bonds. The Balaban J connectivity index is 3.02. The highest BCUT2D eigenvalue weighted by atomic mass is 19.4. The molecular weight excluding hydrogens is 305 g/mol. The first kappa shape index (κ1) is 18.9. The molecule has 1 rings (SSSR count). The van der Waals surface area contributed by atoms with E-state index in [1.807, 2.05) is 0 Å². The number of nitrogens with zero attached hydrogens (tertiary/aromatic N) is 1. The summed E-state index contributed by atoms with van der Waals surface area (Å²) in [6.07, 6.45) is 3.34. The van der Waals surface area contributed by atoms with Crippen molar-refractivity contribution in [3.63, 3.8) is 0 Å². The summed E-state index contributed by atoms with van der Waals surface area (Å²) in [5.41, 5.74) is 5.06. The molecule has 0 saturated heterocycles.